The van der Waals surface area contributed by atoms with Crippen molar-refractivity contribution in [2.45, 2.75) is 181 Å². The summed E-state index contributed by atoms with van der Waals surface area (Å²) < 4.78 is 0. The van der Waals surface area contributed by atoms with Crippen LogP contribution in [0.5, 0.6) is 0 Å². The zero-order valence-electron chi connectivity index (χ0n) is 24.7. The summed E-state index contributed by atoms with van der Waals surface area (Å²) in [7, 11) is 0. The number of rotatable bonds is 28. The molecule has 3 nitrogen and oxygen atoms in total. The molecule has 0 bridgehead atoms. The van der Waals surface area contributed by atoms with E-state index in [2.05, 4.69) is 25.7 Å². The Kier molecular flexibility index (Phi) is 32.1. The molecule has 204 valence electrons. The Labute approximate surface area is 233 Å². The van der Waals surface area contributed by atoms with Gasteiger partial charge in [0.2, 0.25) is 0 Å². The van der Waals surface area contributed by atoms with Crippen LogP contribution in [0, 0.1) is 0 Å². The number of nitrogens with zero attached hydrogens (tertiary/aromatic N) is 1. The molecule has 4 heteroatoms. The van der Waals surface area contributed by atoms with Crippen LogP contribution in [0.2, 0.25) is 0 Å². The maximum Gasteiger partial charge on any atom is 1.00 e. The van der Waals surface area contributed by atoms with Crippen LogP contribution < -0.4 is 24.0 Å². The average molecular weight is 488 g/mol. The van der Waals surface area contributed by atoms with E-state index < -0.39 is 5.97 Å². The van der Waals surface area contributed by atoms with Gasteiger partial charge >= 0.3 is 18.9 Å². The molecule has 0 aliphatic rings. The first-order chi connectivity index (χ1) is 16.6. The summed E-state index contributed by atoms with van der Waals surface area (Å²) in [6.07, 6.45) is 31.1. The molecule has 0 saturated carbocycles. The third-order valence-corrected chi connectivity index (χ3v) is 7.49. The average Bonchev–Trinajstić information content (AvgIpc) is 2.83. The first-order valence-electron chi connectivity index (χ1n) is 15.6. The van der Waals surface area contributed by atoms with Gasteiger partial charge in [-0.05, 0) is 45.7 Å². The second-order valence-electron chi connectivity index (χ2n) is 10.9. The molecule has 0 radical (unpaired) electrons. The van der Waals surface area contributed by atoms with Crippen LogP contribution in [0.3, 0.4) is 0 Å². The van der Waals surface area contributed by atoms with E-state index in [1.165, 1.54) is 141 Å². The van der Waals surface area contributed by atoms with Gasteiger partial charge in [0, 0.05) is 12.0 Å². The first kappa shape index (κ1) is 37.2. The minimum Gasteiger partial charge on any atom is -0.550 e. The van der Waals surface area contributed by atoms with Gasteiger partial charge in [0.15, 0.2) is 0 Å². The summed E-state index contributed by atoms with van der Waals surface area (Å²) in [6.45, 7) is 9.03. The third kappa shape index (κ3) is 28.4. The minimum absolute atomic E-state index is 0. The van der Waals surface area contributed by atoms with Crippen LogP contribution in [-0.2, 0) is 4.79 Å². The second-order valence-corrected chi connectivity index (χ2v) is 10.9. The van der Waals surface area contributed by atoms with E-state index in [1.807, 2.05) is 0 Å². The van der Waals surface area contributed by atoms with Crippen LogP contribution in [-0.4, -0.2) is 30.0 Å². The number of hydrogen-bond donors (Lipinski definition) is 0. The maximum absolute atomic E-state index is 10.9. The predicted molar refractivity (Wildman–Crippen MR) is 148 cm³/mol. The largest absolute Gasteiger partial charge is 1.00 e. The molecule has 35 heavy (non-hydrogen) atoms. The van der Waals surface area contributed by atoms with E-state index in [0.717, 1.165) is 19.5 Å². The zero-order chi connectivity index (χ0) is 25.1. The Bertz CT molecular complexity index is 393. The number of unbranched alkanes of at least 4 members (excludes halogenated alkanes) is 20. The Morgan fingerprint density at radius 2 is 0.857 bits per heavy atom. The smallest absolute Gasteiger partial charge is 0.550 e. The summed E-state index contributed by atoms with van der Waals surface area (Å²) in [5, 5.41) is 10.9. The predicted octanol–water partition coefficient (Wildman–Crippen LogP) is 5.83. The van der Waals surface area contributed by atoms with Crippen LogP contribution in [0.4, 0.5) is 0 Å². The van der Waals surface area contributed by atoms with Gasteiger partial charge in [-0.2, -0.15) is 0 Å². The van der Waals surface area contributed by atoms with Crippen molar-refractivity contribution >= 4 is 5.97 Å². The summed E-state index contributed by atoms with van der Waals surface area (Å²) in [5.41, 5.74) is 0. The van der Waals surface area contributed by atoms with Crippen LogP contribution in [0.15, 0.2) is 0 Å². The fraction of sp³-hybridized carbons (Fsp3) is 0.968. The van der Waals surface area contributed by atoms with Crippen molar-refractivity contribution in [2.75, 3.05) is 13.1 Å². The third-order valence-electron chi connectivity index (χ3n) is 7.49. The van der Waals surface area contributed by atoms with Gasteiger partial charge < -0.3 is 14.8 Å². The molecule has 1 atom stereocenters. The fourth-order valence-corrected chi connectivity index (χ4v) is 5.02. The molecule has 0 aliphatic heterocycles. The molecular weight excluding hydrogens is 425 g/mol. The number of hydrogen-bond acceptors (Lipinski definition) is 3. The number of carbonyl (C=O) groups excluding carboxylic acids is 1. The molecule has 1 unspecified atom stereocenters. The van der Waals surface area contributed by atoms with Crippen molar-refractivity contribution in [1.82, 2.24) is 4.90 Å². The van der Waals surface area contributed by atoms with Crippen LogP contribution in [0.25, 0.3) is 0 Å². The molecule has 0 amide bonds. The van der Waals surface area contributed by atoms with E-state index in [0.29, 0.717) is 6.04 Å². The monoisotopic (exact) mass is 487 g/mol. The maximum atomic E-state index is 10.9. The van der Waals surface area contributed by atoms with E-state index >= 15 is 0 Å². The van der Waals surface area contributed by atoms with Crippen LogP contribution in [0.1, 0.15) is 175 Å². The van der Waals surface area contributed by atoms with Gasteiger partial charge in [-0.15, -0.1) is 0 Å². The molecule has 0 aromatic heterocycles. The van der Waals surface area contributed by atoms with Gasteiger partial charge in [-0.25, -0.2) is 0 Å². The van der Waals surface area contributed by atoms with Crippen molar-refractivity contribution in [1.29, 1.82) is 0 Å². The van der Waals surface area contributed by atoms with Gasteiger partial charge in [0.05, 0.1) is 0 Å². The molecule has 0 rings (SSSR count). The quantitative estimate of drug-likeness (QED) is 0.103. The van der Waals surface area contributed by atoms with Gasteiger partial charge in [-0.3, -0.25) is 0 Å². The number of carbonyl (C=O) groups is 1. The Morgan fingerprint density at radius 3 is 1.14 bits per heavy atom. The van der Waals surface area contributed by atoms with Crippen molar-refractivity contribution in [2.24, 2.45) is 0 Å². The normalized spacial score (nSPS) is 12.1. The van der Waals surface area contributed by atoms with Crippen molar-refractivity contribution in [3.05, 3.63) is 0 Å². The minimum atomic E-state index is -0.906. The van der Waals surface area contributed by atoms with Crippen molar-refractivity contribution < 1.29 is 28.8 Å². The summed E-state index contributed by atoms with van der Waals surface area (Å²) >= 11 is 0. The zero-order valence-corrected chi connectivity index (χ0v) is 24.7. The van der Waals surface area contributed by atoms with Crippen molar-refractivity contribution in [3.63, 3.8) is 0 Å². The summed E-state index contributed by atoms with van der Waals surface area (Å²) in [4.78, 5) is 13.5. The molecular formula is C31H62LiNO2. The Balaban J connectivity index is 0. The molecule has 0 spiro atoms. The fourth-order valence-electron chi connectivity index (χ4n) is 5.02. The number of carboxylic acid groups (broad SMARTS) is 1. The number of aliphatic carboxylic acids is 1. The topological polar surface area (TPSA) is 43.4 Å². The SMILES string of the molecule is CCCCCCCCCCCCCN(CCCCCCCCCCCCC)C(C)CCC(=O)[O-].[Li+]. The van der Waals surface area contributed by atoms with E-state index in [1.54, 1.807) is 0 Å². The Hall–Kier alpha value is 0.0274. The van der Waals surface area contributed by atoms with Crippen LogP contribution >= 0.6 is 0 Å². The van der Waals surface area contributed by atoms with E-state index in [4.69, 9.17) is 0 Å². The summed E-state index contributed by atoms with van der Waals surface area (Å²) in [6, 6.07) is 0.351. The van der Waals surface area contributed by atoms with E-state index in [-0.39, 0.29) is 25.3 Å². The molecule has 0 N–H and O–H groups in total. The Morgan fingerprint density at radius 1 is 0.571 bits per heavy atom. The molecule has 0 aromatic rings. The van der Waals surface area contributed by atoms with Gasteiger partial charge in [-0.1, -0.05) is 142 Å². The van der Waals surface area contributed by atoms with E-state index in [9.17, 15) is 9.90 Å². The van der Waals surface area contributed by atoms with Gasteiger partial charge in [0.1, 0.15) is 0 Å². The molecule has 0 saturated heterocycles. The van der Waals surface area contributed by atoms with Gasteiger partial charge in [0.25, 0.3) is 0 Å². The number of carboxylic acids is 1. The standard InChI is InChI=1S/C31H63NO2.Li/c1-4-6-8-10-12-14-16-18-20-22-24-28-32(30(3)26-27-31(33)34)29-25-23-21-19-17-15-13-11-9-7-5-2;/h30H,4-29H2,1-3H3,(H,33,34);/q;+1/p-1. The molecule has 0 aliphatic carbocycles. The van der Waals surface area contributed by atoms with Crippen molar-refractivity contribution in [3.8, 4) is 0 Å². The first-order valence-corrected chi connectivity index (χ1v) is 15.6. The molecule has 0 heterocycles. The molecule has 0 aromatic carbocycles. The second kappa shape index (κ2) is 30.3. The summed E-state index contributed by atoms with van der Waals surface area (Å²) in [5.74, 6) is -0.906. The molecule has 0 fully saturated rings.